The van der Waals surface area contributed by atoms with Gasteiger partial charge in [0.1, 0.15) is 0 Å². The van der Waals surface area contributed by atoms with E-state index in [-0.39, 0.29) is 12.5 Å². The topological polar surface area (TPSA) is 52.6 Å². The van der Waals surface area contributed by atoms with Crippen molar-refractivity contribution < 1.29 is 9.90 Å². The van der Waals surface area contributed by atoms with Crippen molar-refractivity contribution in [2.75, 3.05) is 19.6 Å². The molecule has 0 radical (unpaired) electrons. The lowest BCUT2D eigenvalue weighted by atomic mass is 10.0. The van der Waals surface area contributed by atoms with Gasteiger partial charge in [-0.15, -0.1) is 0 Å². The molecule has 0 amide bonds. The second-order valence-corrected chi connectivity index (χ2v) is 5.24. The predicted octanol–water partition coefficient (Wildman–Crippen LogP) is 1.17. The Morgan fingerprint density at radius 1 is 1.56 bits per heavy atom. The van der Waals surface area contributed by atoms with Gasteiger partial charge in [-0.05, 0) is 25.8 Å². The summed E-state index contributed by atoms with van der Waals surface area (Å²) < 4.78 is 0. The number of carboxylic acid groups (broad SMARTS) is 1. The molecule has 0 bridgehead atoms. The van der Waals surface area contributed by atoms with Gasteiger partial charge in [0.15, 0.2) is 0 Å². The van der Waals surface area contributed by atoms with E-state index in [1.807, 2.05) is 0 Å². The summed E-state index contributed by atoms with van der Waals surface area (Å²) in [6, 6.07) is 0.629. The van der Waals surface area contributed by atoms with Crippen molar-refractivity contribution >= 4 is 5.97 Å². The fourth-order valence-electron chi connectivity index (χ4n) is 2.13. The summed E-state index contributed by atoms with van der Waals surface area (Å²) >= 11 is 0. The molecule has 1 fully saturated rings. The van der Waals surface area contributed by atoms with Gasteiger partial charge >= 0.3 is 5.97 Å². The third-order valence-electron chi connectivity index (χ3n) is 3.13. The van der Waals surface area contributed by atoms with Gasteiger partial charge in [-0.2, -0.15) is 0 Å². The van der Waals surface area contributed by atoms with Crippen LogP contribution in [-0.2, 0) is 4.79 Å². The zero-order chi connectivity index (χ0) is 12.1. The Balaban J connectivity index is 2.47. The first-order chi connectivity index (χ1) is 7.49. The van der Waals surface area contributed by atoms with Crippen molar-refractivity contribution in [3.05, 3.63) is 0 Å². The minimum atomic E-state index is -0.698. The van der Waals surface area contributed by atoms with E-state index in [4.69, 9.17) is 5.11 Å². The van der Waals surface area contributed by atoms with Crippen LogP contribution in [0.4, 0.5) is 0 Å². The standard InChI is InChI=1S/C12H24N2O2/c1-9(2)4-5-14-8-10(3)13-7-11(14)6-12(15)16/h9-11,13H,4-8H2,1-3H3,(H,15,16). The molecule has 4 nitrogen and oxygen atoms in total. The molecule has 0 saturated carbocycles. The number of carboxylic acids is 1. The third-order valence-corrected chi connectivity index (χ3v) is 3.13. The molecule has 2 unspecified atom stereocenters. The van der Waals surface area contributed by atoms with Crippen molar-refractivity contribution in [3.8, 4) is 0 Å². The van der Waals surface area contributed by atoms with Gasteiger partial charge in [0.2, 0.25) is 0 Å². The van der Waals surface area contributed by atoms with Gasteiger partial charge in [-0.3, -0.25) is 9.69 Å². The van der Waals surface area contributed by atoms with Crippen LogP contribution >= 0.6 is 0 Å². The SMILES string of the molecule is CC(C)CCN1CC(C)NCC1CC(=O)O. The van der Waals surface area contributed by atoms with Crippen LogP contribution in [0, 0.1) is 5.92 Å². The lowest BCUT2D eigenvalue weighted by Crippen LogP contribution is -2.56. The fourth-order valence-corrected chi connectivity index (χ4v) is 2.13. The Labute approximate surface area is 98.0 Å². The summed E-state index contributed by atoms with van der Waals surface area (Å²) in [4.78, 5) is 13.1. The molecular weight excluding hydrogens is 204 g/mol. The Morgan fingerprint density at radius 2 is 2.25 bits per heavy atom. The van der Waals surface area contributed by atoms with E-state index in [2.05, 4.69) is 31.0 Å². The van der Waals surface area contributed by atoms with E-state index in [0.717, 1.165) is 26.1 Å². The maximum atomic E-state index is 10.8. The maximum Gasteiger partial charge on any atom is 0.304 e. The molecule has 1 heterocycles. The van der Waals surface area contributed by atoms with Gasteiger partial charge in [0, 0.05) is 25.2 Å². The molecule has 94 valence electrons. The van der Waals surface area contributed by atoms with Crippen LogP contribution in [0.1, 0.15) is 33.6 Å². The van der Waals surface area contributed by atoms with Gasteiger partial charge in [-0.1, -0.05) is 13.8 Å². The summed E-state index contributed by atoms with van der Waals surface area (Å²) in [7, 11) is 0. The number of aliphatic carboxylic acids is 1. The average Bonchev–Trinajstić information content (AvgIpc) is 2.17. The first-order valence-electron chi connectivity index (χ1n) is 6.18. The Kier molecular flexibility index (Phi) is 5.22. The van der Waals surface area contributed by atoms with Crippen LogP contribution in [0.5, 0.6) is 0 Å². The number of rotatable bonds is 5. The van der Waals surface area contributed by atoms with Crippen molar-refractivity contribution in [1.29, 1.82) is 0 Å². The Bertz CT molecular complexity index is 231. The van der Waals surface area contributed by atoms with Crippen LogP contribution in [0.2, 0.25) is 0 Å². The molecule has 2 N–H and O–H groups in total. The lowest BCUT2D eigenvalue weighted by molar-refractivity contribution is -0.138. The smallest absolute Gasteiger partial charge is 0.304 e. The van der Waals surface area contributed by atoms with Gasteiger partial charge in [-0.25, -0.2) is 0 Å². The van der Waals surface area contributed by atoms with Crippen molar-refractivity contribution in [3.63, 3.8) is 0 Å². The second kappa shape index (κ2) is 6.21. The molecule has 0 aromatic rings. The van der Waals surface area contributed by atoms with Crippen LogP contribution in [0.25, 0.3) is 0 Å². The predicted molar refractivity (Wildman–Crippen MR) is 64.5 cm³/mol. The first kappa shape index (κ1) is 13.5. The van der Waals surface area contributed by atoms with Crippen molar-refractivity contribution in [2.24, 2.45) is 5.92 Å². The van der Waals surface area contributed by atoms with Gasteiger partial charge in [0.05, 0.1) is 6.42 Å². The zero-order valence-corrected chi connectivity index (χ0v) is 10.6. The summed E-state index contributed by atoms with van der Waals surface area (Å²) in [5.74, 6) is -0.0217. The third kappa shape index (κ3) is 4.49. The minimum Gasteiger partial charge on any atom is -0.481 e. The number of piperazine rings is 1. The molecule has 0 spiro atoms. The molecule has 16 heavy (non-hydrogen) atoms. The fraction of sp³-hybridized carbons (Fsp3) is 0.917. The number of hydrogen-bond acceptors (Lipinski definition) is 3. The zero-order valence-electron chi connectivity index (χ0n) is 10.6. The van der Waals surface area contributed by atoms with E-state index < -0.39 is 5.97 Å². The summed E-state index contributed by atoms with van der Waals surface area (Å²) in [5, 5.41) is 12.2. The molecule has 1 rings (SSSR count). The van der Waals surface area contributed by atoms with Crippen molar-refractivity contribution in [1.82, 2.24) is 10.2 Å². The summed E-state index contributed by atoms with van der Waals surface area (Å²) in [6.07, 6.45) is 1.39. The highest BCUT2D eigenvalue weighted by Gasteiger charge is 2.27. The van der Waals surface area contributed by atoms with E-state index in [9.17, 15) is 4.79 Å². The average molecular weight is 228 g/mol. The highest BCUT2D eigenvalue weighted by atomic mass is 16.4. The van der Waals surface area contributed by atoms with Gasteiger partial charge in [0.25, 0.3) is 0 Å². The normalized spacial score (nSPS) is 27.2. The molecule has 0 aromatic heterocycles. The van der Waals surface area contributed by atoms with E-state index in [1.54, 1.807) is 0 Å². The van der Waals surface area contributed by atoms with Crippen LogP contribution in [0.3, 0.4) is 0 Å². The first-order valence-corrected chi connectivity index (χ1v) is 6.18. The van der Waals surface area contributed by atoms with Crippen LogP contribution in [0.15, 0.2) is 0 Å². The highest BCUT2D eigenvalue weighted by Crippen LogP contribution is 2.13. The van der Waals surface area contributed by atoms with E-state index in [1.165, 1.54) is 0 Å². The number of hydrogen-bond donors (Lipinski definition) is 2. The number of carbonyl (C=O) groups is 1. The maximum absolute atomic E-state index is 10.8. The second-order valence-electron chi connectivity index (χ2n) is 5.24. The monoisotopic (exact) mass is 228 g/mol. The summed E-state index contributed by atoms with van der Waals surface area (Å²) in [5.41, 5.74) is 0. The molecule has 4 heteroatoms. The Morgan fingerprint density at radius 3 is 2.81 bits per heavy atom. The minimum absolute atomic E-state index is 0.160. The summed E-state index contributed by atoms with van der Waals surface area (Å²) in [6.45, 7) is 9.34. The Hall–Kier alpha value is -0.610. The molecule has 1 aliphatic heterocycles. The van der Waals surface area contributed by atoms with Gasteiger partial charge < -0.3 is 10.4 Å². The van der Waals surface area contributed by atoms with Crippen molar-refractivity contribution in [2.45, 2.75) is 45.7 Å². The van der Waals surface area contributed by atoms with Crippen LogP contribution < -0.4 is 5.32 Å². The largest absolute Gasteiger partial charge is 0.481 e. The number of nitrogens with one attached hydrogen (secondary N) is 1. The highest BCUT2D eigenvalue weighted by molar-refractivity contribution is 5.67. The molecular formula is C12H24N2O2. The molecule has 1 saturated heterocycles. The molecule has 1 aliphatic rings. The molecule has 0 aromatic carbocycles. The molecule has 2 atom stereocenters. The number of nitrogens with zero attached hydrogens (tertiary/aromatic N) is 1. The molecule has 0 aliphatic carbocycles. The van der Waals surface area contributed by atoms with Crippen LogP contribution in [-0.4, -0.2) is 47.7 Å². The van der Waals surface area contributed by atoms with E-state index in [0.29, 0.717) is 12.0 Å². The lowest BCUT2D eigenvalue weighted by Gasteiger charge is -2.39. The van der Waals surface area contributed by atoms with E-state index >= 15 is 0 Å². The quantitative estimate of drug-likeness (QED) is 0.741.